The Hall–Kier alpha value is -2.34. The summed E-state index contributed by atoms with van der Waals surface area (Å²) in [5, 5.41) is 7.35. The molecular weight excluding hydrogens is 352 g/mol. The molecule has 0 atom stereocenters. The second kappa shape index (κ2) is 8.36. The van der Waals surface area contributed by atoms with Crippen LogP contribution < -0.4 is 15.8 Å². The van der Waals surface area contributed by atoms with Crippen LogP contribution in [-0.4, -0.2) is 35.3 Å². The largest absolute Gasteiger partial charge is 0.369 e. The molecule has 2 aromatic rings. The molecule has 2 heterocycles. The van der Waals surface area contributed by atoms with Gasteiger partial charge in [-0.15, -0.1) is 0 Å². The maximum absolute atomic E-state index is 12.6. The van der Waals surface area contributed by atoms with Crippen molar-refractivity contribution in [3.8, 4) is 0 Å². The van der Waals surface area contributed by atoms with Gasteiger partial charge in [0.2, 0.25) is 5.91 Å². The van der Waals surface area contributed by atoms with E-state index < -0.39 is 0 Å². The molecule has 1 amide bonds. The maximum Gasteiger partial charge on any atom is 0.287 e. The number of hydrogen-bond acceptors (Lipinski definition) is 4. The van der Waals surface area contributed by atoms with Crippen LogP contribution in [-0.2, 0) is 11.3 Å². The van der Waals surface area contributed by atoms with Gasteiger partial charge in [-0.1, -0.05) is 41.9 Å². The van der Waals surface area contributed by atoms with Gasteiger partial charge in [0.1, 0.15) is 5.02 Å². The molecule has 3 rings (SSSR count). The summed E-state index contributed by atoms with van der Waals surface area (Å²) in [4.78, 5) is 26.6. The Labute approximate surface area is 157 Å². The lowest BCUT2D eigenvalue weighted by Gasteiger charge is -2.33. The predicted octanol–water partition coefficient (Wildman–Crippen LogP) is 2.30. The molecule has 0 aliphatic carbocycles. The average Bonchev–Trinajstić information content (AvgIpc) is 2.67. The van der Waals surface area contributed by atoms with Crippen molar-refractivity contribution in [2.24, 2.45) is 5.92 Å². The van der Waals surface area contributed by atoms with E-state index in [2.05, 4.69) is 10.4 Å². The zero-order valence-electron chi connectivity index (χ0n) is 14.8. The number of hydrogen-bond donors (Lipinski definition) is 1. The number of piperidine rings is 1. The summed E-state index contributed by atoms with van der Waals surface area (Å²) in [7, 11) is 0. The van der Waals surface area contributed by atoms with Crippen molar-refractivity contribution in [2.45, 2.75) is 26.3 Å². The predicted molar refractivity (Wildman–Crippen MR) is 103 cm³/mol. The third-order valence-electron chi connectivity index (χ3n) is 4.70. The summed E-state index contributed by atoms with van der Waals surface area (Å²) in [5.41, 5.74) is 1.35. The molecule has 1 aromatic heterocycles. The third-order valence-corrected chi connectivity index (χ3v) is 5.05. The molecule has 1 fully saturated rings. The number of halogens is 1. The summed E-state index contributed by atoms with van der Waals surface area (Å²) in [6.45, 7) is 4.33. The monoisotopic (exact) mass is 374 g/mol. The van der Waals surface area contributed by atoms with Crippen molar-refractivity contribution in [2.75, 3.05) is 24.5 Å². The number of rotatable bonds is 5. The number of benzene rings is 1. The molecule has 0 bridgehead atoms. The Bertz CT molecular complexity index is 814. The van der Waals surface area contributed by atoms with E-state index in [9.17, 15) is 9.59 Å². The smallest absolute Gasteiger partial charge is 0.287 e. The number of nitrogens with one attached hydrogen (secondary N) is 1. The van der Waals surface area contributed by atoms with Crippen LogP contribution in [0.25, 0.3) is 0 Å². The molecule has 7 heteroatoms. The van der Waals surface area contributed by atoms with Crippen molar-refractivity contribution in [3.63, 3.8) is 0 Å². The Morgan fingerprint density at radius 3 is 2.62 bits per heavy atom. The molecule has 1 aliphatic heterocycles. The van der Waals surface area contributed by atoms with Gasteiger partial charge < -0.3 is 10.2 Å². The molecule has 1 aliphatic rings. The topological polar surface area (TPSA) is 67.2 Å². The third kappa shape index (κ3) is 4.07. The van der Waals surface area contributed by atoms with Crippen LogP contribution in [0.4, 0.5) is 5.69 Å². The van der Waals surface area contributed by atoms with Crippen LogP contribution >= 0.6 is 11.6 Å². The van der Waals surface area contributed by atoms with Crippen LogP contribution in [0.3, 0.4) is 0 Å². The molecule has 6 nitrogen and oxygen atoms in total. The zero-order valence-corrected chi connectivity index (χ0v) is 15.6. The highest BCUT2D eigenvalue weighted by Crippen LogP contribution is 2.27. The van der Waals surface area contributed by atoms with Gasteiger partial charge in [0.25, 0.3) is 5.56 Å². The fourth-order valence-electron chi connectivity index (χ4n) is 3.25. The van der Waals surface area contributed by atoms with Gasteiger partial charge in [-0.3, -0.25) is 9.59 Å². The molecule has 1 N–H and O–H groups in total. The van der Waals surface area contributed by atoms with Gasteiger partial charge in [-0.05, 0) is 25.3 Å². The molecule has 0 spiro atoms. The Morgan fingerprint density at radius 1 is 1.27 bits per heavy atom. The van der Waals surface area contributed by atoms with Crippen LogP contribution in [0.15, 0.2) is 41.3 Å². The molecule has 0 saturated carbocycles. The minimum absolute atomic E-state index is 0.0244. The first-order valence-corrected chi connectivity index (χ1v) is 9.30. The van der Waals surface area contributed by atoms with Crippen molar-refractivity contribution in [3.05, 3.63) is 57.5 Å². The van der Waals surface area contributed by atoms with E-state index in [1.54, 1.807) is 6.20 Å². The van der Waals surface area contributed by atoms with Crippen LogP contribution in [0.2, 0.25) is 5.02 Å². The van der Waals surface area contributed by atoms with Crippen molar-refractivity contribution >= 4 is 23.2 Å². The number of amides is 1. The summed E-state index contributed by atoms with van der Waals surface area (Å²) >= 11 is 6.35. The van der Waals surface area contributed by atoms with E-state index in [1.165, 1.54) is 4.68 Å². The van der Waals surface area contributed by atoms with E-state index >= 15 is 0 Å². The Morgan fingerprint density at radius 2 is 1.96 bits per heavy atom. The molecule has 26 heavy (non-hydrogen) atoms. The van der Waals surface area contributed by atoms with Crippen molar-refractivity contribution < 1.29 is 4.79 Å². The van der Waals surface area contributed by atoms with Gasteiger partial charge in [0.05, 0.1) is 18.4 Å². The summed E-state index contributed by atoms with van der Waals surface area (Å²) < 4.78 is 1.38. The number of nitrogens with zero attached hydrogens (tertiary/aromatic N) is 3. The zero-order chi connectivity index (χ0) is 18.5. The van der Waals surface area contributed by atoms with Gasteiger partial charge in [-0.25, -0.2) is 4.68 Å². The molecule has 138 valence electrons. The number of aromatic nitrogens is 2. The Kier molecular flexibility index (Phi) is 5.93. The van der Waals surface area contributed by atoms with Gasteiger partial charge in [0.15, 0.2) is 0 Å². The summed E-state index contributed by atoms with van der Waals surface area (Å²) in [5.74, 6) is 0.131. The van der Waals surface area contributed by atoms with E-state index in [0.29, 0.717) is 31.9 Å². The lowest BCUT2D eigenvalue weighted by Crippen LogP contribution is -2.41. The van der Waals surface area contributed by atoms with Gasteiger partial charge >= 0.3 is 0 Å². The fourth-order valence-corrected chi connectivity index (χ4v) is 3.51. The standard InChI is InChI=1S/C19H23ClN4O2/c1-2-21-18(25)15-8-10-23(11-9-15)16-12-22-24(19(26)17(16)20)13-14-6-4-3-5-7-14/h3-7,12,15H,2,8-11,13H2,1H3,(H,21,25). The highest BCUT2D eigenvalue weighted by molar-refractivity contribution is 6.33. The number of carbonyl (C=O) groups is 1. The summed E-state index contributed by atoms with van der Waals surface area (Å²) in [6, 6.07) is 9.68. The average molecular weight is 375 g/mol. The molecule has 0 unspecified atom stereocenters. The lowest BCUT2D eigenvalue weighted by molar-refractivity contribution is -0.125. The second-order valence-electron chi connectivity index (χ2n) is 6.45. The van der Waals surface area contributed by atoms with E-state index in [0.717, 1.165) is 18.4 Å². The summed E-state index contributed by atoms with van der Waals surface area (Å²) in [6.07, 6.45) is 3.14. The molecule has 1 saturated heterocycles. The van der Waals surface area contributed by atoms with E-state index in [4.69, 9.17) is 11.6 Å². The first kappa shape index (κ1) is 18.5. The SMILES string of the molecule is CCNC(=O)C1CCN(c2cnn(Cc3ccccc3)c(=O)c2Cl)CC1. The van der Waals surface area contributed by atoms with Gasteiger partial charge in [0, 0.05) is 25.6 Å². The quantitative estimate of drug-likeness (QED) is 0.872. The number of anilines is 1. The highest BCUT2D eigenvalue weighted by atomic mass is 35.5. The van der Waals surface area contributed by atoms with Crippen LogP contribution in [0.1, 0.15) is 25.3 Å². The first-order valence-electron chi connectivity index (χ1n) is 8.92. The lowest BCUT2D eigenvalue weighted by atomic mass is 9.95. The molecule has 0 radical (unpaired) electrons. The highest BCUT2D eigenvalue weighted by Gasteiger charge is 2.26. The van der Waals surface area contributed by atoms with E-state index in [1.807, 2.05) is 42.2 Å². The van der Waals surface area contributed by atoms with Crippen molar-refractivity contribution in [1.82, 2.24) is 15.1 Å². The minimum Gasteiger partial charge on any atom is -0.369 e. The van der Waals surface area contributed by atoms with Crippen LogP contribution in [0, 0.1) is 5.92 Å². The molecular formula is C19H23ClN4O2. The van der Waals surface area contributed by atoms with Crippen molar-refractivity contribution in [1.29, 1.82) is 0 Å². The Balaban J connectivity index is 1.71. The van der Waals surface area contributed by atoms with Gasteiger partial charge in [-0.2, -0.15) is 5.10 Å². The maximum atomic E-state index is 12.6. The van der Waals surface area contributed by atoms with Crippen LogP contribution in [0.5, 0.6) is 0 Å². The second-order valence-corrected chi connectivity index (χ2v) is 6.83. The fraction of sp³-hybridized carbons (Fsp3) is 0.421. The first-order chi connectivity index (χ1) is 12.6. The normalized spacial score (nSPS) is 15.1. The molecule has 1 aromatic carbocycles. The minimum atomic E-state index is -0.293. The van der Waals surface area contributed by atoms with E-state index in [-0.39, 0.29) is 22.4 Å². The number of carbonyl (C=O) groups excluding carboxylic acids is 1.